The Morgan fingerprint density at radius 2 is 1.75 bits per heavy atom. The second-order valence-electron chi connectivity index (χ2n) is 5.27. The summed E-state index contributed by atoms with van der Waals surface area (Å²) in [6, 6.07) is 16.8. The number of hydrogen-bond acceptors (Lipinski definition) is 2. The third-order valence-corrected chi connectivity index (χ3v) is 3.90. The maximum absolute atomic E-state index is 12.4. The monoisotopic (exact) mass is 267 g/mol. The van der Waals surface area contributed by atoms with Gasteiger partial charge in [-0.2, -0.15) is 0 Å². The lowest BCUT2D eigenvalue weighted by atomic mass is 10.1. The molecule has 1 amide bonds. The molecule has 2 unspecified atom stereocenters. The molecule has 3 rings (SSSR count). The first-order valence-electron chi connectivity index (χ1n) is 6.78. The largest absolute Gasteiger partial charge is 0.508 e. The zero-order chi connectivity index (χ0) is 14.1. The van der Waals surface area contributed by atoms with Crippen LogP contribution in [0.1, 0.15) is 17.9 Å². The fourth-order valence-corrected chi connectivity index (χ4v) is 2.59. The van der Waals surface area contributed by atoms with Crippen molar-refractivity contribution in [2.75, 3.05) is 11.9 Å². The number of phenols is 1. The molecule has 1 saturated carbocycles. The third kappa shape index (κ3) is 2.39. The zero-order valence-electron chi connectivity index (χ0n) is 11.4. The summed E-state index contributed by atoms with van der Waals surface area (Å²) in [5.41, 5.74) is 2.05. The van der Waals surface area contributed by atoms with Gasteiger partial charge in [-0.25, -0.2) is 0 Å². The van der Waals surface area contributed by atoms with E-state index < -0.39 is 0 Å². The second kappa shape index (κ2) is 5.00. The number of para-hydroxylation sites is 1. The first kappa shape index (κ1) is 12.7. The molecule has 0 bridgehead atoms. The predicted octanol–water partition coefficient (Wildman–Crippen LogP) is 3.16. The molecule has 3 heteroatoms. The SMILES string of the molecule is CN(C(=O)C1CC1c1ccc(O)cc1)c1ccccc1. The molecule has 0 spiro atoms. The van der Waals surface area contributed by atoms with Gasteiger partial charge in [-0.15, -0.1) is 0 Å². The van der Waals surface area contributed by atoms with Crippen molar-refractivity contribution in [2.45, 2.75) is 12.3 Å². The predicted molar refractivity (Wildman–Crippen MR) is 78.8 cm³/mol. The Bertz CT molecular complexity index is 607. The van der Waals surface area contributed by atoms with Crippen molar-refractivity contribution >= 4 is 11.6 Å². The number of carbonyl (C=O) groups excluding carboxylic acids is 1. The first-order valence-corrected chi connectivity index (χ1v) is 6.78. The van der Waals surface area contributed by atoms with Crippen molar-refractivity contribution in [1.82, 2.24) is 0 Å². The molecule has 0 aromatic heterocycles. The summed E-state index contributed by atoms with van der Waals surface area (Å²) in [5, 5.41) is 9.30. The number of aromatic hydroxyl groups is 1. The van der Waals surface area contributed by atoms with Gasteiger partial charge in [0.25, 0.3) is 0 Å². The lowest BCUT2D eigenvalue weighted by molar-refractivity contribution is -0.119. The molecule has 2 aromatic rings. The van der Waals surface area contributed by atoms with Crippen LogP contribution >= 0.6 is 0 Å². The van der Waals surface area contributed by atoms with Crippen LogP contribution < -0.4 is 4.90 Å². The van der Waals surface area contributed by atoms with Gasteiger partial charge >= 0.3 is 0 Å². The van der Waals surface area contributed by atoms with Gasteiger partial charge in [0.05, 0.1) is 0 Å². The van der Waals surface area contributed by atoms with E-state index in [9.17, 15) is 9.90 Å². The highest BCUT2D eigenvalue weighted by molar-refractivity contribution is 5.97. The number of rotatable bonds is 3. The Morgan fingerprint density at radius 1 is 1.10 bits per heavy atom. The van der Waals surface area contributed by atoms with Crippen LogP contribution in [-0.2, 0) is 4.79 Å². The van der Waals surface area contributed by atoms with Crippen molar-refractivity contribution < 1.29 is 9.90 Å². The average Bonchev–Trinajstić information content (AvgIpc) is 3.28. The van der Waals surface area contributed by atoms with E-state index in [1.807, 2.05) is 49.5 Å². The highest BCUT2D eigenvalue weighted by Gasteiger charge is 2.45. The molecule has 1 aliphatic rings. The second-order valence-corrected chi connectivity index (χ2v) is 5.27. The standard InChI is InChI=1S/C17H17NO2/c1-18(13-5-3-2-4-6-13)17(20)16-11-15(16)12-7-9-14(19)10-8-12/h2-10,15-16,19H,11H2,1H3. The van der Waals surface area contributed by atoms with Gasteiger partial charge in [0, 0.05) is 18.7 Å². The lowest BCUT2D eigenvalue weighted by Gasteiger charge is -2.17. The molecule has 1 aliphatic carbocycles. The number of nitrogens with zero attached hydrogens (tertiary/aromatic N) is 1. The van der Waals surface area contributed by atoms with E-state index >= 15 is 0 Å². The van der Waals surface area contributed by atoms with E-state index in [4.69, 9.17) is 0 Å². The average molecular weight is 267 g/mol. The summed E-state index contributed by atoms with van der Waals surface area (Å²) in [6.07, 6.45) is 0.890. The van der Waals surface area contributed by atoms with Crippen LogP contribution in [-0.4, -0.2) is 18.1 Å². The van der Waals surface area contributed by atoms with Crippen LogP contribution in [0.5, 0.6) is 5.75 Å². The number of anilines is 1. The van der Waals surface area contributed by atoms with E-state index in [0.29, 0.717) is 0 Å². The summed E-state index contributed by atoms with van der Waals surface area (Å²) in [7, 11) is 1.82. The normalized spacial score (nSPS) is 20.4. The molecule has 2 aromatic carbocycles. The van der Waals surface area contributed by atoms with Gasteiger partial charge in [-0.3, -0.25) is 4.79 Å². The van der Waals surface area contributed by atoms with Crippen molar-refractivity contribution in [3.05, 3.63) is 60.2 Å². The number of hydrogen-bond donors (Lipinski definition) is 1. The minimum absolute atomic E-state index is 0.0600. The number of amides is 1. The highest BCUT2D eigenvalue weighted by atomic mass is 16.3. The minimum atomic E-state index is 0.0600. The van der Waals surface area contributed by atoms with Crippen LogP contribution in [0.25, 0.3) is 0 Å². The molecule has 0 heterocycles. The van der Waals surface area contributed by atoms with E-state index in [1.165, 1.54) is 0 Å². The maximum Gasteiger partial charge on any atom is 0.230 e. The van der Waals surface area contributed by atoms with Crippen molar-refractivity contribution in [1.29, 1.82) is 0 Å². The minimum Gasteiger partial charge on any atom is -0.508 e. The molecule has 1 N–H and O–H groups in total. The smallest absolute Gasteiger partial charge is 0.230 e. The number of phenolic OH excluding ortho intramolecular Hbond substituents is 1. The summed E-state index contributed by atoms with van der Waals surface area (Å²) in [4.78, 5) is 14.2. The molecular weight excluding hydrogens is 250 g/mol. The van der Waals surface area contributed by atoms with Crippen LogP contribution in [0.2, 0.25) is 0 Å². The van der Waals surface area contributed by atoms with Gasteiger partial charge in [0.1, 0.15) is 5.75 Å². The van der Waals surface area contributed by atoms with Crippen molar-refractivity contribution in [2.24, 2.45) is 5.92 Å². The Hall–Kier alpha value is -2.29. The Kier molecular flexibility index (Phi) is 3.18. The van der Waals surface area contributed by atoms with Gasteiger partial charge in [-0.1, -0.05) is 30.3 Å². The molecule has 2 atom stereocenters. The Labute approximate surface area is 118 Å². The quantitative estimate of drug-likeness (QED) is 0.928. The van der Waals surface area contributed by atoms with E-state index in [0.717, 1.165) is 17.7 Å². The molecular formula is C17H17NO2. The maximum atomic E-state index is 12.4. The van der Waals surface area contributed by atoms with Gasteiger partial charge in [0.2, 0.25) is 5.91 Å². The van der Waals surface area contributed by atoms with Gasteiger partial charge in [0.15, 0.2) is 0 Å². The summed E-state index contributed by atoms with van der Waals surface area (Å²) in [5.74, 6) is 0.770. The van der Waals surface area contributed by atoms with Crippen molar-refractivity contribution in [3.63, 3.8) is 0 Å². The molecule has 1 fully saturated rings. The number of carbonyl (C=O) groups is 1. The molecule has 3 nitrogen and oxygen atoms in total. The van der Waals surface area contributed by atoms with E-state index in [2.05, 4.69) is 0 Å². The summed E-state index contributed by atoms with van der Waals surface area (Å²) < 4.78 is 0. The summed E-state index contributed by atoms with van der Waals surface area (Å²) >= 11 is 0. The Balaban J connectivity index is 1.70. The van der Waals surface area contributed by atoms with Crippen molar-refractivity contribution in [3.8, 4) is 5.75 Å². The molecule has 102 valence electrons. The van der Waals surface area contributed by atoms with Crippen LogP contribution in [0.3, 0.4) is 0 Å². The highest BCUT2D eigenvalue weighted by Crippen LogP contribution is 2.48. The van der Waals surface area contributed by atoms with Crippen LogP contribution in [0, 0.1) is 5.92 Å². The van der Waals surface area contributed by atoms with Gasteiger partial charge < -0.3 is 10.0 Å². The summed E-state index contributed by atoms with van der Waals surface area (Å²) in [6.45, 7) is 0. The van der Waals surface area contributed by atoms with Gasteiger partial charge in [-0.05, 0) is 42.2 Å². The molecule has 0 saturated heterocycles. The first-order chi connectivity index (χ1) is 9.66. The molecule has 20 heavy (non-hydrogen) atoms. The van der Waals surface area contributed by atoms with E-state index in [1.54, 1.807) is 17.0 Å². The number of benzene rings is 2. The fraction of sp³-hybridized carbons (Fsp3) is 0.235. The van der Waals surface area contributed by atoms with E-state index in [-0.39, 0.29) is 23.5 Å². The molecule has 0 radical (unpaired) electrons. The fourth-order valence-electron chi connectivity index (χ4n) is 2.59. The Morgan fingerprint density at radius 3 is 2.40 bits per heavy atom. The lowest BCUT2D eigenvalue weighted by Crippen LogP contribution is -2.28. The van der Waals surface area contributed by atoms with Crippen LogP contribution in [0.4, 0.5) is 5.69 Å². The molecule has 0 aliphatic heterocycles. The topological polar surface area (TPSA) is 40.5 Å². The zero-order valence-corrected chi connectivity index (χ0v) is 11.4. The van der Waals surface area contributed by atoms with Crippen LogP contribution in [0.15, 0.2) is 54.6 Å². The third-order valence-electron chi connectivity index (χ3n) is 3.90.